The van der Waals surface area contributed by atoms with Crippen molar-refractivity contribution in [1.82, 2.24) is 5.32 Å². The van der Waals surface area contributed by atoms with Gasteiger partial charge in [-0.15, -0.1) is 0 Å². The van der Waals surface area contributed by atoms with E-state index in [4.69, 9.17) is 0 Å². The largest absolute Gasteiger partial charge is 0.453 e. The summed E-state index contributed by atoms with van der Waals surface area (Å²) < 4.78 is 27.9. The van der Waals surface area contributed by atoms with Crippen LogP contribution < -0.4 is 5.32 Å². The predicted molar refractivity (Wildman–Crippen MR) is 33.4 cm³/mol. The highest BCUT2D eigenvalue weighted by molar-refractivity contribution is 5.67. The zero-order chi connectivity index (χ0) is 8.43. The van der Waals surface area contributed by atoms with Crippen LogP contribution in [0.4, 0.5) is 13.6 Å². The van der Waals surface area contributed by atoms with E-state index in [0.29, 0.717) is 6.42 Å². The number of ether oxygens (including phenoxy) is 1. The molecule has 0 aliphatic heterocycles. The third-order valence-electron chi connectivity index (χ3n) is 1.65. The zero-order valence-corrected chi connectivity index (χ0v) is 6.01. The smallest absolute Gasteiger partial charge is 0.407 e. The van der Waals surface area contributed by atoms with Crippen LogP contribution in [0.15, 0.2) is 0 Å². The van der Waals surface area contributed by atoms with Crippen LogP contribution in [0.2, 0.25) is 0 Å². The van der Waals surface area contributed by atoms with Gasteiger partial charge in [-0.3, -0.25) is 0 Å². The minimum absolute atomic E-state index is 0.354. The van der Waals surface area contributed by atoms with Crippen molar-refractivity contribution in [2.24, 2.45) is 5.92 Å². The maximum absolute atomic E-state index is 11.8. The van der Waals surface area contributed by atoms with Gasteiger partial charge in [0.15, 0.2) is 0 Å². The van der Waals surface area contributed by atoms with Gasteiger partial charge < -0.3 is 10.1 Å². The van der Waals surface area contributed by atoms with E-state index in [2.05, 4.69) is 10.1 Å². The number of nitrogens with one attached hydrogen (secondary N) is 1. The van der Waals surface area contributed by atoms with E-state index in [0.717, 1.165) is 0 Å². The summed E-state index contributed by atoms with van der Waals surface area (Å²) in [5.41, 5.74) is 0. The van der Waals surface area contributed by atoms with Crippen molar-refractivity contribution in [2.45, 2.75) is 18.9 Å². The molecule has 0 unspecified atom stereocenters. The van der Waals surface area contributed by atoms with Gasteiger partial charge in [-0.25, -0.2) is 13.6 Å². The molecule has 1 saturated carbocycles. The molecule has 3 nitrogen and oxygen atoms in total. The molecule has 0 heterocycles. The SMILES string of the molecule is COC(=O)N[C@H]1C[C@@H]1C(F)F. The first-order chi connectivity index (χ1) is 5.15. The van der Waals surface area contributed by atoms with Gasteiger partial charge in [-0.1, -0.05) is 0 Å². The van der Waals surface area contributed by atoms with Crippen LogP contribution in [0.5, 0.6) is 0 Å². The highest BCUT2D eigenvalue weighted by Crippen LogP contribution is 2.35. The van der Waals surface area contributed by atoms with E-state index < -0.39 is 18.4 Å². The third-order valence-corrected chi connectivity index (χ3v) is 1.65. The topological polar surface area (TPSA) is 38.3 Å². The summed E-state index contributed by atoms with van der Waals surface area (Å²) in [4.78, 5) is 10.5. The second-order valence-corrected chi connectivity index (χ2v) is 2.48. The molecule has 0 saturated heterocycles. The summed E-state index contributed by atoms with van der Waals surface area (Å²) in [7, 11) is 1.20. The number of halogens is 2. The normalized spacial score (nSPS) is 28.4. The number of rotatable bonds is 2. The molecule has 0 spiro atoms. The van der Waals surface area contributed by atoms with Gasteiger partial charge in [0, 0.05) is 12.0 Å². The maximum atomic E-state index is 11.8. The molecule has 0 aromatic rings. The predicted octanol–water partition coefficient (Wildman–Crippen LogP) is 0.996. The van der Waals surface area contributed by atoms with Crippen molar-refractivity contribution in [1.29, 1.82) is 0 Å². The van der Waals surface area contributed by atoms with Crippen molar-refractivity contribution < 1.29 is 18.3 Å². The van der Waals surface area contributed by atoms with E-state index in [9.17, 15) is 13.6 Å². The molecule has 1 rings (SSSR count). The highest BCUT2D eigenvalue weighted by atomic mass is 19.3. The standard InChI is InChI=1S/C6H9F2NO2/c1-11-6(10)9-4-2-3(4)5(7)8/h3-5H,2H2,1H3,(H,9,10)/t3-,4-/m0/s1. The van der Waals surface area contributed by atoms with Crippen LogP contribution in [0, 0.1) is 5.92 Å². The number of alkyl carbamates (subject to hydrolysis) is 1. The van der Waals surface area contributed by atoms with Crippen LogP contribution in [0.1, 0.15) is 6.42 Å². The molecule has 1 fully saturated rings. The molecule has 5 heteroatoms. The Hall–Kier alpha value is -0.870. The van der Waals surface area contributed by atoms with Gasteiger partial charge in [0.1, 0.15) is 0 Å². The number of alkyl halides is 2. The number of amides is 1. The van der Waals surface area contributed by atoms with Gasteiger partial charge >= 0.3 is 6.09 Å². The summed E-state index contributed by atoms with van der Waals surface area (Å²) in [6.07, 6.45) is -2.62. The van der Waals surface area contributed by atoms with Crippen LogP contribution in [0.3, 0.4) is 0 Å². The van der Waals surface area contributed by atoms with Crippen LogP contribution in [-0.4, -0.2) is 25.7 Å². The summed E-state index contributed by atoms with van der Waals surface area (Å²) in [6, 6.07) is -0.387. The maximum Gasteiger partial charge on any atom is 0.407 e. The fraction of sp³-hybridized carbons (Fsp3) is 0.833. The summed E-state index contributed by atoms with van der Waals surface area (Å²) in [5.74, 6) is -0.672. The Bertz CT molecular complexity index is 163. The lowest BCUT2D eigenvalue weighted by atomic mass is 10.4. The molecular weight excluding hydrogens is 156 g/mol. The lowest BCUT2D eigenvalue weighted by Gasteiger charge is -2.00. The number of hydrogen-bond donors (Lipinski definition) is 1. The van der Waals surface area contributed by atoms with Crippen LogP contribution in [-0.2, 0) is 4.74 Å². The van der Waals surface area contributed by atoms with Crippen LogP contribution >= 0.6 is 0 Å². The zero-order valence-electron chi connectivity index (χ0n) is 6.01. The molecule has 0 radical (unpaired) electrons. The molecule has 0 aromatic heterocycles. The van der Waals surface area contributed by atoms with Gasteiger partial charge in [0.05, 0.1) is 7.11 Å². The quantitative estimate of drug-likeness (QED) is 0.662. The molecule has 0 bridgehead atoms. The Morgan fingerprint density at radius 3 is 2.73 bits per heavy atom. The summed E-state index contributed by atoms with van der Waals surface area (Å²) in [5, 5.41) is 2.29. The van der Waals surface area contributed by atoms with E-state index in [1.54, 1.807) is 0 Å². The lowest BCUT2D eigenvalue weighted by molar-refractivity contribution is 0.117. The molecule has 11 heavy (non-hydrogen) atoms. The molecule has 2 atom stereocenters. The summed E-state index contributed by atoms with van der Waals surface area (Å²) in [6.45, 7) is 0. The van der Waals surface area contributed by atoms with Gasteiger partial charge in [0.25, 0.3) is 0 Å². The molecule has 1 N–H and O–H groups in total. The fourth-order valence-corrected chi connectivity index (χ4v) is 0.869. The number of carbonyl (C=O) groups excluding carboxylic acids is 1. The highest BCUT2D eigenvalue weighted by Gasteiger charge is 2.45. The van der Waals surface area contributed by atoms with E-state index in [1.165, 1.54) is 7.11 Å². The first kappa shape index (κ1) is 8.23. The number of hydrogen-bond acceptors (Lipinski definition) is 2. The monoisotopic (exact) mass is 165 g/mol. The molecule has 0 aromatic carbocycles. The average Bonchev–Trinajstić information content (AvgIpc) is 2.67. The second-order valence-electron chi connectivity index (χ2n) is 2.48. The molecule has 1 aliphatic carbocycles. The second kappa shape index (κ2) is 3.02. The van der Waals surface area contributed by atoms with Gasteiger partial charge in [-0.2, -0.15) is 0 Å². The van der Waals surface area contributed by atoms with Gasteiger partial charge in [-0.05, 0) is 6.42 Å². The Morgan fingerprint density at radius 2 is 2.36 bits per heavy atom. The Morgan fingerprint density at radius 1 is 1.73 bits per heavy atom. The first-order valence-electron chi connectivity index (χ1n) is 3.27. The van der Waals surface area contributed by atoms with Crippen molar-refractivity contribution in [3.05, 3.63) is 0 Å². The van der Waals surface area contributed by atoms with E-state index in [-0.39, 0.29) is 6.04 Å². The van der Waals surface area contributed by atoms with Crippen molar-refractivity contribution >= 4 is 6.09 Å². The van der Waals surface area contributed by atoms with Crippen molar-refractivity contribution in [3.63, 3.8) is 0 Å². The minimum Gasteiger partial charge on any atom is -0.453 e. The molecule has 1 amide bonds. The van der Waals surface area contributed by atoms with E-state index >= 15 is 0 Å². The molecule has 64 valence electrons. The third kappa shape index (κ3) is 2.03. The number of methoxy groups -OCH3 is 1. The van der Waals surface area contributed by atoms with Crippen molar-refractivity contribution in [2.75, 3.05) is 7.11 Å². The molecule has 1 aliphatic rings. The van der Waals surface area contributed by atoms with Gasteiger partial charge in [0.2, 0.25) is 6.43 Å². The Labute approximate surface area is 62.7 Å². The lowest BCUT2D eigenvalue weighted by Crippen LogP contribution is -2.27. The Kier molecular flexibility index (Phi) is 2.26. The average molecular weight is 165 g/mol. The Balaban J connectivity index is 2.18. The summed E-state index contributed by atoms with van der Waals surface area (Å²) >= 11 is 0. The van der Waals surface area contributed by atoms with E-state index in [1.807, 2.05) is 0 Å². The first-order valence-corrected chi connectivity index (χ1v) is 3.27. The minimum atomic E-state index is -2.34. The van der Waals surface area contributed by atoms with Crippen molar-refractivity contribution in [3.8, 4) is 0 Å². The van der Waals surface area contributed by atoms with Crippen LogP contribution in [0.25, 0.3) is 0 Å². The molecular formula is C6H9F2NO2. The number of carbonyl (C=O) groups is 1. The fourth-order valence-electron chi connectivity index (χ4n) is 0.869.